The third-order valence-corrected chi connectivity index (χ3v) is 3.56. The highest BCUT2D eigenvalue weighted by molar-refractivity contribution is 5.29. The SMILES string of the molecule is COc1cnn(C(C)C)c1C(NN)C(C)C(C)C. The van der Waals surface area contributed by atoms with E-state index in [4.69, 9.17) is 10.6 Å². The molecular weight excluding hydrogens is 228 g/mol. The average Bonchev–Trinajstić information content (AvgIpc) is 2.73. The van der Waals surface area contributed by atoms with E-state index in [1.165, 1.54) is 0 Å². The number of hydrogen-bond acceptors (Lipinski definition) is 4. The van der Waals surface area contributed by atoms with Gasteiger partial charge in [0.15, 0.2) is 5.75 Å². The Kier molecular flexibility index (Phi) is 5.16. The largest absolute Gasteiger partial charge is 0.493 e. The maximum atomic E-state index is 5.75. The minimum Gasteiger partial charge on any atom is -0.493 e. The van der Waals surface area contributed by atoms with Crippen molar-refractivity contribution in [1.29, 1.82) is 0 Å². The van der Waals surface area contributed by atoms with Gasteiger partial charge in [0.2, 0.25) is 0 Å². The van der Waals surface area contributed by atoms with Gasteiger partial charge >= 0.3 is 0 Å². The normalized spacial score (nSPS) is 15.2. The van der Waals surface area contributed by atoms with Gasteiger partial charge in [-0.3, -0.25) is 16.0 Å². The van der Waals surface area contributed by atoms with Crippen molar-refractivity contribution in [3.63, 3.8) is 0 Å². The fraction of sp³-hybridized carbons (Fsp3) is 0.769. The van der Waals surface area contributed by atoms with Gasteiger partial charge in [-0.05, 0) is 25.7 Å². The van der Waals surface area contributed by atoms with Gasteiger partial charge in [0.1, 0.15) is 0 Å². The second-order valence-corrected chi connectivity index (χ2v) is 5.38. The summed E-state index contributed by atoms with van der Waals surface area (Å²) >= 11 is 0. The van der Waals surface area contributed by atoms with Gasteiger partial charge in [-0.2, -0.15) is 5.10 Å². The summed E-state index contributed by atoms with van der Waals surface area (Å²) in [6, 6.07) is 0.309. The van der Waals surface area contributed by atoms with E-state index in [-0.39, 0.29) is 12.1 Å². The third-order valence-electron chi connectivity index (χ3n) is 3.56. The molecule has 2 atom stereocenters. The number of methoxy groups -OCH3 is 1. The summed E-state index contributed by atoms with van der Waals surface area (Å²) in [5.41, 5.74) is 3.94. The van der Waals surface area contributed by atoms with Crippen LogP contribution < -0.4 is 16.0 Å². The van der Waals surface area contributed by atoms with Crippen LogP contribution in [0.5, 0.6) is 5.75 Å². The van der Waals surface area contributed by atoms with E-state index in [0.29, 0.717) is 11.8 Å². The number of hydrazine groups is 1. The van der Waals surface area contributed by atoms with Crippen molar-refractivity contribution in [3.8, 4) is 5.75 Å². The Morgan fingerprint density at radius 2 is 1.89 bits per heavy atom. The van der Waals surface area contributed by atoms with Crippen LogP contribution in [0, 0.1) is 11.8 Å². The standard InChI is InChI=1S/C13H26N4O/c1-8(2)10(5)12(16-14)13-11(18-6)7-15-17(13)9(3)4/h7-10,12,16H,14H2,1-6H3. The predicted octanol–water partition coefficient (Wildman–Crippen LogP) is 2.27. The molecule has 0 amide bonds. The molecule has 5 nitrogen and oxygen atoms in total. The highest BCUT2D eigenvalue weighted by Gasteiger charge is 2.28. The molecule has 1 heterocycles. The van der Waals surface area contributed by atoms with Crippen molar-refractivity contribution >= 4 is 0 Å². The zero-order valence-corrected chi connectivity index (χ0v) is 12.3. The second kappa shape index (κ2) is 6.20. The number of nitrogens with two attached hydrogens (primary N) is 1. The molecule has 0 aliphatic heterocycles. The van der Waals surface area contributed by atoms with E-state index in [2.05, 4.69) is 45.1 Å². The summed E-state index contributed by atoms with van der Waals surface area (Å²) in [4.78, 5) is 0. The van der Waals surface area contributed by atoms with E-state index < -0.39 is 0 Å². The molecule has 0 spiro atoms. The Balaban J connectivity index is 3.22. The number of ether oxygens (including phenoxy) is 1. The highest BCUT2D eigenvalue weighted by Crippen LogP contribution is 2.34. The molecule has 1 rings (SSSR count). The monoisotopic (exact) mass is 254 g/mol. The molecule has 5 heteroatoms. The molecule has 3 N–H and O–H groups in total. The smallest absolute Gasteiger partial charge is 0.161 e. The predicted molar refractivity (Wildman–Crippen MR) is 73.2 cm³/mol. The summed E-state index contributed by atoms with van der Waals surface area (Å²) in [7, 11) is 1.67. The lowest BCUT2D eigenvalue weighted by Gasteiger charge is -2.28. The quantitative estimate of drug-likeness (QED) is 0.604. The molecule has 0 radical (unpaired) electrons. The molecule has 0 aliphatic rings. The Labute approximate surface area is 110 Å². The molecule has 0 fully saturated rings. The topological polar surface area (TPSA) is 65.1 Å². The van der Waals surface area contributed by atoms with E-state index in [9.17, 15) is 0 Å². The number of nitrogens with one attached hydrogen (secondary N) is 1. The summed E-state index contributed by atoms with van der Waals surface area (Å²) in [5, 5.41) is 4.39. The van der Waals surface area contributed by atoms with E-state index >= 15 is 0 Å². The third kappa shape index (κ3) is 2.84. The van der Waals surface area contributed by atoms with E-state index in [0.717, 1.165) is 11.4 Å². The van der Waals surface area contributed by atoms with Gasteiger partial charge < -0.3 is 4.74 Å². The van der Waals surface area contributed by atoms with Crippen LogP contribution in [0.3, 0.4) is 0 Å². The maximum Gasteiger partial charge on any atom is 0.161 e. The van der Waals surface area contributed by atoms with Crippen molar-refractivity contribution in [2.24, 2.45) is 17.7 Å². The van der Waals surface area contributed by atoms with Crippen molar-refractivity contribution in [2.75, 3.05) is 7.11 Å². The van der Waals surface area contributed by atoms with Gasteiger partial charge in [0, 0.05) is 6.04 Å². The summed E-state index contributed by atoms with van der Waals surface area (Å²) in [6.07, 6.45) is 1.76. The van der Waals surface area contributed by atoms with Crippen LogP contribution in [0.4, 0.5) is 0 Å². The fourth-order valence-corrected chi connectivity index (χ4v) is 2.09. The minimum atomic E-state index is 0.0323. The molecule has 18 heavy (non-hydrogen) atoms. The summed E-state index contributed by atoms with van der Waals surface area (Å²) < 4.78 is 7.38. The van der Waals surface area contributed by atoms with Crippen LogP contribution in [0.1, 0.15) is 52.4 Å². The second-order valence-electron chi connectivity index (χ2n) is 5.38. The summed E-state index contributed by atoms with van der Waals surface area (Å²) in [5.74, 6) is 7.45. The first-order valence-corrected chi connectivity index (χ1v) is 6.51. The first kappa shape index (κ1) is 15.0. The van der Waals surface area contributed by atoms with Gasteiger partial charge in [0.25, 0.3) is 0 Å². The molecule has 2 unspecified atom stereocenters. The van der Waals surface area contributed by atoms with Gasteiger partial charge in [-0.15, -0.1) is 0 Å². The molecular formula is C13H26N4O. The molecule has 104 valence electrons. The maximum absolute atomic E-state index is 5.75. The molecule has 0 aliphatic carbocycles. The van der Waals surface area contributed by atoms with Gasteiger partial charge in [0.05, 0.1) is 25.0 Å². The first-order valence-electron chi connectivity index (χ1n) is 6.51. The lowest BCUT2D eigenvalue weighted by Crippen LogP contribution is -2.36. The van der Waals surface area contributed by atoms with Crippen molar-refractivity contribution in [1.82, 2.24) is 15.2 Å². The molecule has 1 aromatic heterocycles. The molecule has 0 saturated heterocycles. The van der Waals surface area contributed by atoms with Crippen molar-refractivity contribution in [3.05, 3.63) is 11.9 Å². The average molecular weight is 254 g/mol. The molecule has 1 aromatic rings. The molecule has 0 aromatic carbocycles. The Hall–Kier alpha value is -1.07. The number of rotatable bonds is 6. The Morgan fingerprint density at radius 1 is 1.28 bits per heavy atom. The van der Waals surface area contributed by atoms with Crippen LogP contribution in [0.2, 0.25) is 0 Å². The lowest BCUT2D eigenvalue weighted by molar-refractivity contribution is 0.278. The van der Waals surface area contributed by atoms with Crippen LogP contribution in [0.25, 0.3) is 0 Å². The fourth-order valence-electron chi connectivity index (χ4n) is 2.09. The zero-order chi connectivity index (χ0) is 13.9. The summed E-state index contributed by atoms with van der Waals surface area (Å²) in [6.45, 7) is 10.8. The number of nitrogens with zero attached hydrogens (tertiary/aromatic N) is 2. The van der Waals surface area contributed by atoms with Gasteiger partial charge in [-0.1, -0.05) is 20.8 Å². The van der Waals surface area contributed by atoms with E-state index in [1.807, 2.05) is 4.68 Å². The first-order chi connectivity index (χ1) is 8.43. The van der Waals surface area contributed by atoms with Crippen molar-refractivity contribution < 1.29 is 4.74 Å². The van der Waals surface area contributed by atoms with Crippen molar-refractivity contribution in [2.45, 2.75) is 46.7 Å². The van der Waals surface area contributed by atoms with Crippen LogP contribution in [-0.2, 0) is 0 Å². The Morgan fingerprint density at radius 3 is 2.28 bits per heavy atom. The van der Waals surface area contributed by atoms with Crippen LogP contribution in [0.15, 0.2) is 6.20 Å². The van der Waals surface area contributed by atoms with Crippen LogP contribution >= 0.6 is 0 Å². The number of hydrogen-bond donors (Lipinski definition) is 2. The number of aromatic nitrogens is 2. The Bertz CT molecular complexity index is 373. The minimum absolute atomic E-state index is 0.0323. The van der Waals surface area contributed by atoms with Gasteiger partial charge in [-0.25, -0.2) is 0 Å². The molecule has 0 bridgehead atoms. The van der Waals surface area contributed by atoms with Crippen LogP contribution in [-0.4, -0.2) is 16.9 Å². The lowest BCUT2D eigenvalue weighted by atomic mass is 9.88. The molecule has 0 saturated carbocycles. The van der Waals surface area contributed by atoms with E-state index in [1.54, 1.807) is 13.3 Å². The highest BCUT2D eigenvalue weighted by atomic mass is 16.5. The zero-order valence-electron chi connectivity index (χ0n) is 12.3.